The first-order chi connectivity index (χ1) is 10.2. The molecule has 0 bridgehead atoms. The van der Waals surface area contributed by atoms with E-state index in [1.807, 2.05) is 4.90 Å². The lowest BCUT2D eigenvalue weighted by atomic mass is 10.2. The smallest absolute Gasteiger partial charge is 0.251 e. The number of amides is 2. The fourth-order valence-electron chi connectivity index (χ4n) is 2.22. The average molecular weight is 291 g/mol. The van der Waals surface area contributed by atoms with E-state index in [2.05, 4.69) is 10.6 Å². The van der Waals surface area contributed by atoms with E-state index in [0.29, 0.717) is 24.3 Å². The van der Waals surface area contributed by atoms with Crippen molar-refractivity contribution in [2.45, 2.75) is 6.42 Å². The number of nitrogens with one attached hydrogen (secondary N) is 2. The van der Waals surface area contributed by atoms with Crippen molar-refractivity contribution in [3.63, 3.8) is 0 Å². The summed E-state index contributed by atoms with van der Waals surface area (Å²) >= 11 is 0. The number of hydrogen-bond acceptors (Lipinski definition) is 4. The highest BCUT2D eigenvalue weighted by molar-refractivity contribution is 5.94. The molecule has 21 heavy (non-hydrogen) atoms. The van der Waals surface area contributed by atoms with Crippen LogP contribution in [0.5, 0.6) is 5.75 Å². The number of rotatable bonds is 5. The molecule has 1 aromatic rings. The highest BCUT2D eigenvalue weighted by atomic mass is 16.5. The summed E-state index contributed by atoms with van der Waals surface area (Å²) in [5.74, 6) is 0.531. The zero-order valence-electron chi connectivity index (χ0n) is 12.2. The van der Waals surface area contributed by atoms with Gasteiger partial charge in [-0.25, -0.2) is 0 Å². The van der Waals surface area contributed by atoms with Crippen molar-refractivity contribution in [1.29, 1.82) is 0 Å². The Balaban J connectivity index is 1.77. The molecular weight excluding hydrogens is 270 g/mol. The van der Waals surface area contributed by atoms with Crippen LogP contribution in [-0.4, -0.2) is 56.5 Å². The van der Waals surface area contributed by atoms with E-state index in [-0.39, 0.29) is 11.8 Å². The van der Waals surface area contributed by atoms with Crippen LogP contribution in [0.25, 0.3) is 0 Å². The van der Waals surface area contributed by atoms with E-state index in [9.17, 15) is 9.59 Å². The van der Waals surface area contributed by atoms with Gasteiger partial charge < -0.3 is 20.3 Å². The fourth-order valence-corrected chi connectivity index (χ4v) is 2.22. The van der Waals surface area contributed by atoms with Crippen molar-refractivity contribution in [2.75, 3.05) is 39.8 Å². The molecule has 2 rings (SSSR count). The molecule has 1 aliphatic heterocycles. The van der Waals surface area contributed by atoms with Gasteiger partial charge in [0.2, 0.25) is 5.91 Å². The van der Waals surface area contributed by atoms with Gasteiger partial charge in [0, 0.05) is 44.7 Å². The molecule has 0 aliphatic carbocycles. The van der Waals surface area contributed by atoms with Crippen LogP contribution in [0, 0.1) is 0 Å². The number of ether oxygens (including phenoxy) is 1. The first-order valence-corrected chi connectivity index (χ1v) is 7.11. The molecule has 1 fully saturated rings. The van der Waals surface area contributed by atoms with Gasteiger partial charge in [-0.15, -0.1) is 0 Å². The number of nitrogens with zero attached hydrogens (tertiary/aromatic N) is 1. The van der Waals surface area contributed by atoms with Gasteiger partial charge in [-0.3, -0.25) is 9.59 Å². The molecule has 1 aliphatic rings. The van der Waals surface area contributed by atoms with Gasteiger partial charge in [-0.1, -0.05) is 6.07 Å². The van der Waals surface area contributed by atoms with Crippen LogP contribution in [0.1, 0.15) is 16.8 Å². The predicted octanol–water partition coefficient (Wildman–Crippen LogP) is 0.247. The largest absolute Gasteiger partial charge is 0.497 e. The van der Waals surface area contributed by atoms with Crippen LogP contribution in [0.3, 0.4) is 0 Å². The maximum atomic E-state index is 12.0. The number of carbonyl (C=O) groups is 2. The molecule has 114 valence electrons. The molecule has 0 aromatic heterocycles. The van der Waals surface area contributed by atoms with Crippen LogP contribution >= 0.6 is 0 Å². The normalized spacial score (nSPS) is 14.6. The molecule has 0 spiro atoms. The third-order valence-corrected chi connectivity index (χ3v) is 3.43. The Labute approximate surface area is 124 Å². The summed E-state index contributed by atoms with van der Waals surface area (Å²) in [5.41, 5.74) is 0.531. The average Bonchev–Trinajstić information content (AvgIpc) is 2.55. The van der Waals surface area contributed by atoms with E-state index in [0.717, 1.165) is 26.2 Å². The number of piperazine rings is 1. The van der Waals surface area contributed by atoms with Crippen LogP contribution in [0.15, 0.2) is 24.3 Å². The van der Waals surface area contributed by atoms with Crippen molar-refractivity contribution >= 4 is 11.8 Å². The monoisotopic (exact) mass is 291 g/mol. The highest BCUT2D eigenvalue weighted by Crippen LogP contribution is 2.12. The molecule has 1 aromatic carbocycles. The molecule has 0 radical (unpaired) electrons. The van der Waals surface area contributed by atoms with Gasteiger partial charge in [0.25, 0.3) is 5.91 Å². The van der Waals surface area contributed by atoms with E-state index in [4.69, 9.17) is 4.74 Å². The minimum Gasteiger partial charge on any atom is -0.497 e. The lowest BCUT2D eigenvalue weighted by molar-refractivity contribution is -0.131. The summed E-state index contributed by atoms with van der Waals surface area (Å²) in [4.78, 5) is 25.7. The van der Waals surface area contributed by atoms with Gasteiger partial charge >= 0.3 is 0 Å². The lowest BCUT2D eigenvalue weighted by Crippen LogP contribution is -2.47. The van der Waals surface area contributed by atoms with E-state index in [1.165, 1.54) is 0 Å². The molecule has 0 unspecified atom stereocenters. The Kier molecular flexibility index (Phi) is 5.57. The highest BCUT2D eigenvalue weighted by Gasteiger charge is 2.16. The van der Waals surface area contributed by atoms with Crippen molar-refractivity contribution in [1.82, 2.24) is 15.5 Å². The molecule has 2 amide bonds. The van der Waals surface area contributed by atoms with Crippen molar-refractivity contribution in [3.05, 3.63) is 29.8 Å². The zero-order chi connectivity index (χ0) is 15.1. The first kappa shape index (κ1) is 15.3. The van der Waals surface area contributed by atoms with Crippen molar-refractivity contribution in [2.24, 2.45) is 0 Å². The topological polar surface area (TPSA) is 70.7 Å². The third-order valence-electron chi connectivity index (χ3n) is 3.43. The van der Waals surface area contributed by atoms with E-state index in [1.54, 1.807) is 31.4 Å². The molecule has 6 heteroatoms. The molecular formula is C15H21N3O3. The zero-order valence-corrected chi connectivity index (χ0v) is 12.2. The standard InChI is InChI=1S/C15H21N3O3/c1-21-13-4-2-3-12(11-13)15(20)17-6-5-14(19)18-9-7-16-8-10-18/h2-4,11,16H,5-10H2,1H3,(H,17,20). The Hall–Kier alpha value is -2.08. The van der Waals surface area contributed by atoms with E-state index < -0.39 is 0 Å². The van der Waals surface area contributed by atoms with Crippen molar-refractivity contribution in [3.8, 4) is 5.75 Å². The van der Waals surface area contributed by atoms with E-state index >= 15 is 0 Å². The van der Waals surface area contributed by atoms with Gasteiger partial charge in [0.15, 0.2) is 0 Å². The maximum absolute atomic E-state index is 12.0. The lowest BCUT2D eigenvalue weighted by Gasteiger charge is -2.27. The Morgan fingerprint density at radius 1 is 1.33 bits per heavy atom. The summed E-state index contributed by atoms with van der Waals surface area (Å²) in [5, 5.41) is 5.96. The van der Waals surface area contributed by atoms with Gasteiger partial charge in [0.05, 0.1) is 7.11 Å². The SMILES string of the molecule is COc1cccc(C(=O)NCCC(=O)N2CCNCC2)c1. The quantitative estimate of drug-likeness (QED) is 0.816. The van der Waals surface area contributed by atoms with Gasteiger partial charge in [0.1, 0.15) is 5.75 Å². The Morgan fingerprint density at radius 3 is 2.81 bits per heavy atom. The number of carbonyl (C=O) groups excluding carboxylic acids is 2. The summed E-state index contributed by atoms with van der Waals surface area (Å²) in [6.45, 7) is 3.49. The van der Waals surface area contributed by atoms with Crippen LogP contribution in [0.2, 0.25) is 0 Å². The van der Waals surface area contributed by atoms with Gasteiger partial charge in [-0.2, -0.15) is 0 Å². The third kappa shape index (κ3) is 4.46. The second-order valence-corrected chi connectivity index (χ2v) is 4.87. The molecule has 0 atom stereocenters. The predicted molar refractivity (Wildman–Crippen MR) is 79.4 cm³/mol. The summed E-state index contributed by atoms with van der Waals surface area (Å²) < 4.78 is 5.08. The summed E-state index contributed by atoms with van der Waals surface area (Å²) in [6, 6.07) is 6.94. The molecule has 0 saturated carbocycles. The van der Waals surface area contributed by atoms with Gasteiger partial charge in [-0.05, 0) is 18.2 Å². The number of benzene rings is 1. The van der Waals surface area contributed by atoms with Crippen molar-refractivity contribution < 1.29 is 14.3 Å². The maximum Gasteiger partial charge on any atom is 0.251 e. The minimum atomic E-state index is -0.193. The Bertz CT molecular complexity index is 499. The molecule has 2 N–H and O–H groups in total. The Morgan fingerprint density at radius 2 is 2.10 bits per heavy atom. The minimum absolute atomic E-state index is 0.0856. The molecule has 6 nitrogen and oxygen atoms in total. The fraction of sp³-hybridized carbons (Fsp3) is 0.467. The first-order valence-electron chi connectivity index (χ1n) is 7.11. The van der Waals surface area contributed by atoms with Crippen LogP contribution in [0.4, 0.5) is 0 Å². The second kappa shape index (κ2) is 7.64. The number of methoxy groups -OCH3 is 1. The molecule has 1 saturated heterocycles. The molecule has 1 heterocycles. The van der Waals surface area contributed by atoms with Crippen LogP contribution < -0.4 is 15.4 Å². The summed E-state index contributed by atoms with van der Waals surface area (Å²) in [7, 11) is 1.56. The number of hydrogen-bond donors (Lipinski definition) is 2. The summed E-state index contributed by atoms with van der Waals surface area (Å²) in [6.07, 6.45) is 0.329. The van der Waals surface area contributed by atoms with Crippen LogP contribution in [-0.2, 0) is 4.79 Å². The second-order valence-electron chi connectivity index (χ2n) is 4.87.